The molecule has 0 fully saturated rings. The molecule has 5 heteroatoms. The van der Waals surface area contributed by atoms with E-state index in [4.69, 9.17) is 4.74 Å². The molecule has 4 nitrogen and oxygen atoms in total. The Morgan fingerprint density at radius 2 is 1.65 bits per heavy atom. The molecule has 0 saturated heterocycles. The number of rotatable bonds is 10. The summed E-state index contributed by atoms with van der Waals surface area (Å²) in [6, 6.07) is 5.24. The molecule has 0 bridgehead atoms. The van der Waals surface area contributed by atoms with E-state index < -0.39 is 11.8 Å². The number of amides is 1. The molecule has 0 unspecified atom stereocenters. The van der Waals surface area contributed by atoms with Gasteiger partial charge in [0, 0.05) is 12.6 Å². The smallest absolute Gasteiger partial charge is 0.325 e. The number of unbranched alkanes of at least 4 members (excludes halogenated alkanes) is 5. The van der Waals surface area contributed by atoms with Crippen molar-refractivity contribution in [3.05, 3.63) is 35.6 Å². The van der Waals surface area contributed by atoms with E-state index in [0.29, 0.717) is 12.2 Å². The fourth-order valence-electron chi connectivity index (χ4n) is 2.19. The number of carbonyl (C=O) groups is 2. The quantitative estimate of drug-likeness (QED) is 0.486. The minimum absolute atomic E-state index is 0.105. The molecule has 0 atom stereocenters. The van der Waals surface area contributed by atoms with Crippen LogP contribution in [0.1, 0.15) is 55.8 Å². The Morgan fingerprint density at radius 1 is 1.04 bits per heavy atom. The largest absolute Gasteiger partial charge is 0.464 e. The lowest BCUT2D eigenvalue weighted by atomic mass is 10.1. The predicted octanol–water partition coefficient (Wildman–Crippen LogP) is 3.80. The van der Waals surface area contributed by atoms with Gasteiger partial charge in [0.25, 0.3) is 5.91 Å². The summed E-state index contributed by atoms with van der Waals surface area (Å²) in [4.78, 5) is 25.0. The highest BCUT2D eigenvalue weighted by Crippen LogP contribution is 2.07. The predicted molar refractivity (Wildman–Crippen MR) is 87.7 cm³/mol. The number of hydrogen-bond acceptors (Lipinski definition) is 3. The molecule has 0 aliphatic carbocycles. The second-order valence-electron chi connectivity index (χ2n) is 5.66. The van der Waals surface area contributed by atoms with Crippen LogP contribution in [0.15, 0.2) is 24.3 Å². The number of nitrogens with zero attached hydrogens (tertiary/aromatic N) is 1. The van der Waals surface area contributed by atoms with Crippen molar-refractivity contribution in [1.29, 1.82) is 0 Å². The standard InChI is InChI=1S/C18H26FNO3/c1-3-4-5-6-7-8-13-23-17(21)14-20(2)18(22)15-9-11-16(19)12-10-15/h9-12H,3-8,13-14H2,1-2H3. The van der Waals surface area contributed by atoms with Crippen LogP contribution >= 0.6 is 0 Å². The molecule has 0 aliphatic rings. The van der Waals surface area contributed by atoms with Crippen LogP contribution in [0.5, 0.6) is 0 Å². The lowest BCUT2D eigenvalue weighted by Gasteiger charge is -2.16. The molecule has 1 aromatic carbocycles. The maximum atomic E-state index is 12.8. The van der Waals surface area contributed by atoms with Crippen molar-refractivity contribution >= 4 is 11.9 Å². The highest BCUT2D eigenvalue weighted by Gasteiger charge is 2.15. The molecule has 0 saturated carbocycles. The van der Waals surface area contributed by atoms with E-state index >= 15 is 0 Å². The van der Waals surface area contributed by atoms with Crippen LogP contribution in [0, 0.1) is 5.82 Å². The van der Waals surface area contributed by atoms with E-state index in [1.54, 1.807) is 0 Å². The summed E-state index contributed by atoms with van der Waals surface area (Å²) in [5.41, 5.74) is 0.345. The minimum Gasteiger partial charge on any atom is -0.464 e. The zero-order valence-corrected chi connectivity index (χ0v) is 14.0. The first-order valence-electron chi connectivity index (χ1n) is 8.21. The Kier molecular flexibility index (Phi) is 8.95. The maximum absolute atomic E-state index is 12.8. The fraction of sp³-hybridized carbons (Fsp3) is 0.556. The van der Waals surface area contributed by atoms with Crippen molar-refractivity contribution in [2.45, 2.75) is 45.4 Å². The number of likely N-dealkylation sites (N-methyl/N-ethyl adjacent to an activating group) is 1. The number of hydrogen-bond donors (Lipinski definition) is 0. The van der Waals surface area contributed by atoms with Crippen molar-refractivity contribution in [3.63, 3.8) is 0 Å². The zero-order valence-electron chi connectivity index (χ0n) is 14.0. The average molecular weight is 323 g/mol. The summed E-state index contributed by atoms with van der Waals surface area (Å²) in [6.45, 7) is 2.46. The Balaban J connectivity index is 2.22. The molecule has 1 amide bonds. The molecular formula is C18H26FNO3. The number of benzene rings is 1. The third-order valence-electron chi connectivity index (χ3n) is 3.57. The van der Waals surface area contributed by atoms with E-state index in [-0.39, 0.29) is 12.5 Å². The van der Waals surface area contributed by atoms with Gasteiger partial charge in [-0.15, -0.1) is 0 Å². The summed E-state index contributed by atoms with van der Waals surface area (Å²) < 4.78 is 18.0. The van der Waals surface area contributed by atoms with Crippen LogP contribution < -0.4 is 0 Å². The molecule has 1 rings (SSSR count). The van der Waals surface area contributed by atoms with Gasteiger partial charge in [0.2, 0.25) is 0 Å². The van der Waals surface area contributed by atoms with Crippen LogP contribution in [0.2, 0.25) is 0 Å². The fourth-order valence-corrected chi connectivity index (χ4v) is 2.19. The summed E-state index contributed by atoms with van der Waals surface area (Å²) in [6.07, 6.45) is 6.75. The second-order valence-corrected chi connectivity index (χ2v) is 5.66. The van der Waals surface area contributed by atoms with Crippen LogP contribution in [-0.4, -0.2) is 37.0 Å². The van der Waals surface area contributed by atoms with Gasteiger partial charge in [0.15, 0.2) is 0 Å². The normalized spacial score (nSPS) is 10.4. The van der Waals surface area contributed by atoms with Gasteiger partial charge in [-0.05, 0) is 30.7 Å². The van der Waals surface area contributed by atoms with Crippen LogP contribution in [0.4, 0.5) is 4.39 Å². The van der Waals surface area contributed by atoms with Crippen LogP contribution in [0.3, 0.4) is 0 Å². The van der Waals surface area contributed by atoms with Gasteiger partial charge in [0.05, 0.1) is 6.61 Å². The first-order valence-corrected chi connectivity index (χ1v) is 8.21. The van der Waals surface area contributed by atoms with Gasteiger partial charge in [-0.3, -0.25) is 9.59 Å². The number of halogens is 1. The minimum atomic E-state index is -0.420. The number of esters is 1. The molecule has 128 valence electrons. The van der Waals surface area contributed by atoms with E-state index in [1.165, 1.54) is 55.5 Å². The Labute approximate surface area is 137 Å². The molecule has 0 spiro atoms. The van der Waals surface area contributed by atoms with Crippen LogP contribution in [-0.2, 0) is 9.53 Å². The Morgan fingerprint density at radius 3 is 2.30 bits per heavy atom. The van der Waals surface area contributed by atoms with Crippen molar-refractivity contribution in [3.8, 4) is 0 Å². The van der Waals surface area contributed by atoms with E-state index in [1.807, 2.05) is 0 Å². The maximum Gasteiger partial charge on any atom is 0.325 e. The SMILES string of the molecule is CCCCCCCCOC(=O)CN(C)C(=O)c1ccc(F)cc1. The van der Waals surface area contributed by atoms with E-state index in [9.17, 15) is 14.0 Å². The van der Waals surface area contributed by atoms with Crippen molar-refractivity contribution in [2.24, 2.45) is 0 Å². The molecule has 0 N–H and O–H groups in total. The lowest BCUT2D eigenvalue weighted by Crippen LogP contribution is -2.33. The summed E-state index contributed by atoms with van der Waals surface area (Å²) >= 11 is 0. The van der Waals surface area contributed by atoms with E-state index in [2.05, 4.69) is 6.92 Å². The van der Waals surface area contributed by atoms with Gasteiger partial charge in [-0.2, -0.15) is 0 Å². The highest BCUT2D eigenvalue weighted by molar-refractivity contribution is 5.95. The molecule has 0 heterocycles. The van der Waals surface area contributed by atoms with Gasteiger partial charge in [0.1, 0.15) is 12.4 Å². The second kappa shape index (κ2) is 10.8. The van der Waals surface area contributed by atoms with Gasteiger partial charge >= 0.3 is 5.97 Å². The van der Waals surface area contributed by atoms with Crippen LogP contribution in [0.25, 0.3) is 0 Å². The van der Waals surface area contributed by atoms with Crippen molar-refractivity contribution < 1.29 is 18.7 Å². The third-order valence-corrected chi connectivity index (χ3v) is 3.57. The first kappa shape index (κ1) is 19.1. The summed E-state index contributed by atoms with van der Waals surface area (Å²) in [7, 11) is 1.53. The Bertz CT molecular complexity index is 488. The zero-order chi connectivity index (χ0) is 17.1. The molecule has 0 radical (unpaired) electrons. The lowest BCUT2D eigenvalue weighted by molar-refractivity contribution is -0.144. The number of carbonyl (C=O) groups excluding carboxylic acids is 2. The van der Waals surface area contributed by atoms with Crippen molar-refractivity contribution in [2.75, 3.05) is 20.2 Å². The summed E-state index contributed by atoms with van der Waals surface area (Å²) in [5.74, 6) is -1.15. The molecule has 0 aromatic heterocycles. The average Bonchev–Trinajstić information content (AvgIpc) is 2.54. The van der Waals surface area contributed by atoms with Gasteiger partial charge in [-0.25, -0.2) is 4.39 Å². The monoisotopic (exact) mass is 323 g/mol. The first-order chi connectivity index (χ1) is 11.0. The van der Waals surface area contributed by atoms with Gasteiger partial charge < -0.3 is 9.64 Å². The molecule has 0 aliphatic heterocycles. The Hall–Kier alpha value is -1.91. The van der Waals surface area contributed by atoms with Crippen molar-refractivity contribution in [1.82, 2.24) is 4.90 Å². The molecular weight excluding hydrogens is 297 g/mol. The topological polar surface area (TPSA) is 46.6 Å². The molecule has 1 aromatic rings. The molecule has 23 heavy (non-hydrogen) atoms. The third kappa shape index (κ3) is 7.77. The van der Waals surface area contributed by atoms with Gasteiger partial charge in [-0.1, -0.05) is 39.0 Å². The number of ether oxygens (including phenoxy) is 1. The highest BCUT2D eigenvalue weighted by atomic mass is 19.1. The summed E-state index contributed by atoms with van der Waals surface area (Å²) in [5, 5.41) is 0. The van der Waals surface area contributed by atoms with E-state index in [0.717, 1.165) is 19.3 Å².